The summed E-state index contributed by atoms with van der Waals surface area (Å²) in [5, 5.41) is 16.2. The molecule has 4 N–H and O–H groups in total. The van der Waals surface area contributed by atoms with E-state index in [1.54, 1.807) is 54.6 Å². The fraction of sp³-hybridized carbons (Fsp3) is 0.0417. The summed E-state index contributed by atoms with van der Waals surface area (Å²) in [4.78, 5) is 47.7. The maximum absolute atomic E-state index is 13.0. The number of amides is 3. The van der Waals surface area contributed by atoms with Crippen LogP contribution in [0.4, 0.5) is 11.4 Å². The smallest absolute Gasteiger partial charge is 0.272 e. The third-order valence-electron chi connectivity index (χ3n) is 4.44. The Morgan fingerprint density at radius 1 is 0.941 bits per heavy atom. The molecule has 3 rings (SSSR count). The molecule has 0 bridgehead atoms. The highest BCUT2D eigenvalue weighted by atomic mass is 32.2. The number of rotatable bonds is 9. The molecule has 172 valence electrons. The van der Waals surface area contributed by atoms with Gasteiger partial charge in [0.2, 0.25) is 5.91 Å². The molecule has 0 unspecified atom stereocenters. The number of nitrogens with two attached hydrogens (primary N) is 1. The molecule has 0 spiro atoms. The first-order chi connectivity index (χ1) is 16.3. The second-order valence-electron chi connectivity index (χ2n) is 6.96. The SMILES string of the molecule is NC(=O)CSc1ccc(NC(=O)/C(=C/c2ccc([N+](=O)[O-])cc2)NC(=O)c2ccccc2)cc1. The zero-order valence-corrected chi connectivity index (χ0v) is 18.6. The number of anilines is 1. The Bertz CT molecular complexity index is 1230. The molecule has 3 aromatic carbocycles. The number of nitrogens with one attached hydrogen (secondary N) is 2. The highest BCUT2D eigenvalue weighted by Gasteiger charge is 2.15. The molecule has 0 saturated carbocycles. The lowest BCUT2D eigenvalue weighted by Crippen LogP contribution is -2.30. The summed E-state index contributed by atoms with van der Waals surface area (Å²) in [6.07, 6.45) is 1.43. The Morgan fingerprint density at radius 2 is 1.59 bits per heavy atom. The molecule has 0 saturated heterocycles. The Labute approximate surface area is 199 Å². The van der Waals surface area contributed by atoms with Crippen molar-refractivity contribution in [1.82, 2.24) is 5.32 Å². The van der Waals surface area contributed by atoms with Crippen LogP contribution in [0.15, 0.2) is 89.5 Å². The number of carbonyl (C=O) groups is 3. The van der Waals surface area contributed by atoms with Crippen molar-refractivity contribution in [3.63, 3.8) is 0 Å². The van der Waals surface area contributed by atoms with Gasteiger partial charge in [0.25, 0.3) is 17.5 Å². The largest absolute Gasteiger partial charge is 0.369 e. The zero-order valence-electron chi connectivity index (χ0n) is 17.8. The van der Waals surface area contributed by atoms with E-state index in [9.17, 15) is 24.5 Å². The number of benzene rings is 3. The van der Waals surface area contributed by atoms with Gasteiger partial charge in [0.05, 0.1) is 10.7 Å². The van der Waals surface area contributed by atoms with Crippen LogP contribution < -0.4 is 16.4 Å². The molecule has 3 amide bonds. The van der Waals surface area contributed by atoms with Crippen molar-refractivity contribution in [3.8, 4) is 0 Å². The predicted octanol–water partition coefficient (Wildman–Crippen LogP) is 3.58. The molecule has 9 nitrogen and oxygen atoms in total. The molecule has 10 heteroatoms. The maximum Gasteiger partial charge on any atom is 0.272 e. The van der Waals surface area contributed by atoms with Crippen LogP contribution in [0.2, 0.25) is 0 Å². The lowest BCUT2D eigenvalue weighted by Gasteiger charge is -2.12. The minimum Gasteiger partial charge on any atom is -0.369 e. The van der Waals surface area contributed by atoms with Gasteiger partial charge in [-0.1, -0.05) is 18.2 Å². The number of carbonyl (C=O) groups excluding carboxylic acids is 3. The van der Waals surface area contributed by atoms with Gasteiger partial charge in [-0.2, -0.15) is 0 Å². The maximum atomic E-state index is 13.0. The molecule has 0 heterocycles. The summed E-state index contributed by atoms with van der Waals surface area (Å²) in [6, 6.07) is 20.7. The van der Waals surface area contributed by atoms with Gasteiger partial charge in [-0.25, -0.2) is 0 Å². The summed E-state index contributed by atoms with van der Waals surface area (Å²) >= 11 is 1.27. The number of non-ortho nitro benzene ring substituents is 1. The van der Waals surface area contributed by atoms with Crippen molar-refractivity contribution in [2.45, 2.75) is 4.90 Å². The molecule has 0 aliphatic heterocycles. The van der Waals surface area contributed by atoms with Crippen molar-refractivity contribution in [2.24, 2.45) is 5.73 Å². The second-order valence-corrected chi connectivity index (χ2v) is 8.01. The quantitative estimate of drug-likeness (QED) is 0.186. The van der Waals surface area contributed by atoms with Crippen LogP contribution in [0, 0.1) is 10.1 Å². The number of thioether (sulfide) groups is 1. The van der Waals surface area contributed by atoms with Crippen LogP contribution in [0.1, 0.15) is 15.9 Å². The number of nitrogens with zero attached hydrogens (tertiary/aromatic N) is 1. The first-order valence-electron chi connectivity index (χ1n) is 9.97. The van der Waals surface area contributed by atoms with Crippen molar-refractivity contribution >= 4 is 46.9 Å². The van der Waals surface area contributed by atoms with Crippen LogP contribution in [-0.2, 0) is 9.59 Å². The first-order valence-corrected chi connectivity index (χ1v) is 11.0. The van der Waals surface area contributed by atoms with E-state index in [0.717, 1.165) is 4.90 Å². The molecular formula is C24H20N4O5S. The van der Waals surface area contributed by atoms with E-state index in [4.69, 9.17) is 5.73 Å². The van der Waals surface area contributed by atoms with Gasteiger partial charge >= 0.3 is 0 Å². The third-order valence-corrected chi connectivity index (χ3v) is 5.47. The van der Waals surface area contributed by atoms with E-state index in [-0.39, 0.29) is 17.1 Å². The standard InChI is InChI=1S/C24H20N4O5S/c25-22(29)15-34-20-12-8-18(9-13-20)26-24(31)21(27-23(30)17-4-2-1-3-5-17)14-16-6-10-19(11-7-16)28(32)33/h1-14H,15H2,(H2,25,29)(H,26,31)(H,27,30)/b21-14-. The summed E-state index contributed by atoms with van der Waals surface area (Å²) in [5.41, 5.74) is 6.33. The van der Waals surface area contributed by atoms with Crippen LogP contribution in [-0.4, -0.2) is 28.4 Å². The van der Waals surface area contributed by atoms with Gasteiger partial charge in [0, 0.05) is 28.3 Å². The van der Waals surface area contributed by atoms with E-state index in [2.05, 4.69) is 10.6 Å². The fourth-order valence-electron chi connectivity index (χ4n) is 2.79. The minimum atomic E-state index is -0.583. The Hall–Kier alpha value is -4.44. The normalized spacial score (nSPS) is 10.9. The average Bonchev–Trinajstić information content (AvgIpc) is 2.84. The summed E-state index contributed by atoms with van der Waals surface area (Å²) in [5.74, 6) is -1.36. The molecule has 3 aromatic rings. The molecular weight excluding hydrogens is 456 g/mol. The fourth-order valence-corrected chi connectivity index (χ4v) is 3.43. The number of primary amides is 1. The van der Waals surface area contributed by atoms with Crippen molar-refractivity contribution in [1.29, 1.82) is 0 Å². The molecule has 0 aliphatic carbocycles. The highest BCUT2D eigenvalue weighted by Crippen LogP contribution is 2.21. The van der Waals surface area contributed by atoms with Gasteiger partial charge < -0.3 is 16.4 Å². The van der Waals surface area contributed by atoms with Crippen molar-refractivity contribution in [3.05, 3.63) is 106 Å². The van der Waals surface area contributed by atoms with Crippen LogP contribution in [0.25, 0.3) is 6.08 Å². The van der Waals surface area contributed by atoms with Crippen molar-refractivity contribution < 1.29 is 19.3 Å². The highest BCUT2D eigenvalue weighted by molar-refractivity contribution is 8.00. The summed E-state index contributed by atoms with van der Waals surface area (Å²) in [6.45, 7) is 0. The van der Waals surface area contributed by atoms with Gasteiger partial charge in [-0.05, 0) is 60.2 Å². The van der Waals surface area contributed by atoms with E-state index < -0.39 is 22.6 Å². The molecule has 0 atom stereocenters. The number of nitro groups is 1. The summed E-state index contributed by atoms with van der Waals surface area (Å²) in [7, 11) is 0. The van der Waals surface area contributed by atoms with Crippen LogP contribution in [0.5, 0.6) is 0 Å². The van der Waals surface area contributed by atoms with Gasteiger partial charge in [0.1, 0.15) is 5.70 Å². The minimum absolute atomic E-state index is 0.0464. The van der Waals surface area contributed by atoms with Crippen LogP contribution >= 0.6 is 11.8 Å². The Morgan fingerprint density at radius 3 is 2.18 bits per heavy atom. The zero-order chi connectivity index (χ0) is 24.5. The third kappa shape index (κ3) is 7.04. The van der Waals surface area contributed by atoms with Gasteiger partial charge in [0.15, 0.2) is 0 Å². The van der Waals surface area contributed by atoms with Gasteiger partial charge in [-0.15, -0.1) is 11.8 Å². The second kappa shape index (κ2) is 11.4. The lowest BCUT2D eigenvalue weighted by atomic mass is 10.1. The number of hydrogen-bond acceptors (Lipinski definition) is 6. The first kappa shape index (κ1) is 24.2. The van der Waals surface area contributed by atoms with Crippen LogP contribution in [0.3, 0.4) is 0 Å². The van der Waals surface area contributed by atoms with E-state index >= 15 is 0 Å². The Kier molecular flexibility index (Phi) is 8.14. The molecule has 0 aromatic heterocycles. The summed E-state index contributed by atoms with van der Waals surface area (Å²) < 4.78 is 0. The van der Waals surface area contributed by atoms with E-state index in [0.29, 0.717) is 16.8 Å². The van der Waals surface area contributed by atoms with Gasteiger partial charge in [-0.3, -0.25) is 24.5 Å². The average molecular weight is 477 g/mol. The number of hydrogen-bond donors (Lipinski definition) is 3. The molecule has 34 heavy (non-hydrogen) atoms. The van der Waals surface area contributed by atoms with Crippen molar-refractivity contribution in [2.75, 3.05) is 11.1 Å². The molecule has 0 radical (unpaired) electrons. The predicted molar refractivity (Wildman–Crippen MR) is 130 cm³/mol. The van der Waals surface area contributed by atoms with E-state index in [1.807, 2.05) is 0 Å². The van der Waals surface area contributed by atoms with E-state index in [1.165, 1.54) is 42.1 Å². The number of nitro benzene ring substituents is 1. The molecule has 0 aliphatic rings. The lowest BCUT2D eigenvalue weighted by molar-refractivity contribution is -0.384. The molecule has 0 fully saturated rings. The monoisotopic (exact) mass is 476 g/mol. The topological polar surface area (TPSA) is 144 Å². The Balaban J connectivity index is 1.81.